The van der Waals surface area contributed by atoms with E-state index >= 15 is 0 Å². The Morgan fingerprint density at radius 2 is 1.29 bits per heavy atom. The summed E-state index contributed by atoms with van der Waals surface area (Å²) in [5.74, 6) is 0.683. The first kappa shape index (κ1) is 50.6. The van der Waals surface area contributed by atoms with Crippen LogP contribution in [0.5, 0.6) is 0 Å². The Morgan fingerprint density at radius 3 is 1.97 bits per heavy atom. The first-order valence-corrected chi connectivity index (χ1v) is 27.0. The Labute approximate surface area is 457 Å². The molecule has 0 unspecified atom stereocenters. The molecule has 0 bridgehead atoms. The molecule has 0 fully saturated rings. The maximum absolute atomic E-state index is 5.25. The largest absolute Gasteiger partial charge is 0.312 e. The van der Waals surface area contributed by atoms with E-state index < -0.39 is 0 Å². The Balaban J connectivity index is 1.25. The van der Waals surface area contributed by atoms with Crippen LogP contribution >= 0.6 is 0 Å². The quantitative estimate of drug-likeness (QED) is 0.0419. The van der Waals surface area contributed by atoms with Gasteiger partial charge < -0.3 is 9.13 Å². The topological polar surface area (TPSA) is 60.4 Å². The molecule has 0 spiro atoms. The van der Waals surface area contributed by atoms with E-state index in [0.29, 0.717) is 5.82 Å². The number of aliphatic imine (C=N–C) groups is 2. The first-order chi connectivity index (χ1) is 38.5. The van der Waals surface area contributed by atoms with Crippen LogP contribution in [0.1, 0.15) is 57.4 Å². The fourth-order valence-electron chi connectivity index (χ4n) is 11.5. The van der Waals surface area contributed by atoms with Crippen molar-refractivity contribution in [3.05, 3.63) is 253 Å². The maximum atomic E-state index is 5.25. The minimum absolute atomic E-state index is 0.683. The lowest BCUT2D eigenvalue weighted by Crippen LogP contribution is -2.01. The van der Waals surface area contributed by atoms with Crippen LogP contribution in [0.15, 0.2) is 246 Å². The van der Waals surface area contributed by atoms with E-state index in [-0.39, 0.29) is 0 Å². The second-order valence-electron chi connectivity index (χ2n) is 19.4. The fraction of sp³-hybridized carbons (Fsp3) is 0.111. The van der Waals surface area contributed by atoms with Gasteiger partial charge in [0.2, 0.25) is 0 Å². The van der Waals surface area contributed by atoms with Gasteiger partial charge in [0, 0.05) is 103 Å². The molecule has 6 nitrogen and oxygen atoms in total. The Kier molecular flexibility index (Phi) is 14.5. The zero-order valence-corrected chi connectivity index (χ0v) is 45.1. The summed E-state index contributed by atoms with van der Waals surface area (Å²) < 4.78 is 5.00. The van der Waals surface area contributed by atoms with Gasteiger partial charge in [-0.1, -0.05) is 197 Å². The summed E-state index contributed by atoms with van der Waals surface area (Å²) in [5.41, 5.74) is 15.4. The monoisotopic (exact) mass is 1010 g/mol. The van der Waals surface area contributed by atoms with Crippen LogP contribution in [-0.4, -0.2) is 38.6 Å². The first-order valence-electron chi connectivity index (χ1n) is 27.0. The maximum Gasteiger partial charge on any atom is 0.159 e. The average Bonchev–Trinajstić information content (AvgIpc) is 4.22. The van der Waals surface area contributed by atoms with Crippen molar-refractivity contribution in [1.29, 1.82) is 0 Å². The van der Waals surface area contributed by atoms with Crippen molar-refractivity contribution in [3.63, 3.8) is 0 Å². The van der Waals surface area contributed by atoms with Crippen molar-refractivity contribution >= 4 is 89.1 Å². The highest BCUT2D eigenvalue weighted by Gasteiger charge is 2.27. The van der Waals surface area contributed by atoms with Crippen LogP contribution in [0.3, 0.4) is 0 Å². The smallest absolute Gasteiger partial charge is 0.159 e. The minimum Gasteiger partial charge on any atom is -0.312 e. The summed E-state index contributed by atoms with van der Waals surface area (Å²) in [6.07, 6.45) is 24.8. The predicted octanol–water partition coefficient (Wildman–Crippen LogP) is 19.0. The number of hydrogen-bond acceptors (Lipinski definition) is 4. The van der Waals surface area contributed by atoms with Crippen molar-refractivity contribution in [3.8, 4) is 34.0 Å². The molecule has 11 aromatic rings. The molecule has 0 N–H and O–H groups in total. The highest BCUT2D eigenvalue weighted by atomic mass is 15.0. The van der Waals surface area contributed by atoms with Gasteiger partial charge in [-0.2, -0.15) is 0 Å². The second-order valence-corrected chi connectivity index (χ2v) is 19.4. The highest BCUT2D eigenvalue weighted by Crippen LogP contribution is 2.50. The average molecular weight is 1010 g/mol. The van der Waals surface area contributed by atoms with Crippen molar-refractivity contribution in [2.24, 2.45) is 9.98 Å². The summed E-state index contributed by atoms with van der Waals surface area (Å²) in [4.78, 5) is 19.9. The highest BCUT2D eigenvalue weighted by molar-refractivity contribution is 6.43. The Hall–Kier alpha value is -9.52. The summed E-state index contributed by atoms with van der Waals surface area (Å²) in [7, 11) is 1.81. The molecule has 0 atom stereocenters. The van der Waals surface area contributed by atoms with Crippen LogP contribution < -0.4 is 0 Å². The van der Waals surface area contributed by atoms with E-state index in [9.17, 15) is 0 Å². The summed E-state index contributed by atoms with van der Waals surface area (Å²) in [6.45, 7) is 16.9. The van der Waals surface area contributed by atoms with Gasteiger partial charge in [0.25, 0.3) is 0 Å². The molecule has 78 heavy (non-hydrogen) atoms. The molecular weight excluding hydrogens is 949 g/mol. The van der Waals surface area contributed by atoms with E-state index in [4.69, 9.17) is 15.0 Å². The molecule has 11 rings (SSSR count). The minimum atomic E-state index is 0.683. The molecule has 0 amide bonds. The van der Waals surface area contributed by atoms with Gasteiger partial charge >= 0.3 is 0 Å². The Morgan fingerprint density at radius 1 is 0.628 bits per heavy atom. The number of rotatable bonds is 16. The molecule has 3 heterocycles. The van der Waals surface area contributed by atoms with Crippen LogP contribution in [0, 0.1) is 0 Å². The molecule has 0 saturated heterocycles. The van der Waals surface area contributed by atoms with E-state index in [1.807, 2.05) is 69.0 Å². The lowest BCUT2D eigenvalue weighted by molar-refractivity contribution is 0.959. The summed E-state index contributed by atoms with van der Waals surface area (Å²) >= 11 is 0. The molecule has 8 aromatic carbocycles. The molecule has 0 aliphatic carbocycles. The molecule has 6 heteroatoms. The molecule has 0 aliphatic heterocycles. The number of nitrogens with zero attached hydrogens (tertiary/aromatic N) is 6. The normalized spacial score (nSPS) is 13.1. The number of aromatic nitrogens is 4. The summed E-state index contributed by atoms with van der Waals surface area (Å²) in [6, 6.07) is 56.8. The zero-order valence-electron chi connectivity index (χ0n) is 45.1. The van der Waals surface area contributed by atoms with Gasteiger partial charge in [-0.25, -0.2) is 9.97 Å². The van der Waals surface area contributed by atoms with Gasteiger partial charge in [-0.3, -0.25) is 9.98 Å². The molecule has 380 valence electrons. The van der Waals surface area contributed by atoms with Crippen molar-refractivity contribution in [2.75, 3.05) is 7.05 Å². The van der Waals surface area contributed by atoms with E-state index in [1.165, 1.54) is 65.3 Å². The lowest BCUT2D eigenvalue weighted by atomic mass is 9.89. The van der Waals surface area contributed by atoms with E-state index in [0.717, 1.165) is 86.5 Å². The standard InChI is InChI=1S/C72H62N6/c1-8-14-29-48(26-9-2)46-75-69(49(12-5)27-10-3)61(47-73-7)51-32-24-34-53(44-51)78-64-41-23-22-40-60(64)67-68-65(56-37-19-21-39-58(56)71(67)78)55-36-18-20-38-57(55)70-66(68)59(28-11-4)63(13-6)77(70)54-35-25-33-52(45-54)72-74-43-42-62(76-72)50-30-16-15-17-31-50/h8,10-12,14-28,30-47H,3,5,9,13,29H2,1-2,4,6-7H3/b14-8-,28-11-,48-26+,49-27+,69-61+,73-47?,75-46+. The number of para-hydroxylation sites is 1. The van der Waals surface area contributed by atoms with Crippen molar-refractivity contribution in [1.82, 2.24) is 19.1 Å². The van der Waals surface area contributed by atoms with Crippen LogP contribution in [0.2, 0.25) is 0 Å². The second kappa shape index (κ2) is 22.4. The Bertz CT molecular complexity index is 4370. The van der Waals surface area contributed by atoms with E-state index in [1.54, 1.807) is 6.08 Å². The van der Waals surface area contributed by atoms with Crippen LogP contribution in [-0.2, 0) is 6.42 Å². The number of allylic oxidation sites excluding steroid dienone is 9. The predicted molar refractivity (Wildman–Crippen MR) is 337 cm³/mol. The van der Waals surface area contributed by atoms with Gasteiger partial charge in [0.1, 0.15) is 0 Å². The third kappa shape index (κ3) is 8.95. The number of hydrogen-bond donors (Lipinski definition) is 0. The van der Waals surface area contributed by atoms with Gasteiger partial charge in [0.15, 0.2) is 5.82 Å². The third-order valence-electron chi connectivity index (χ3n) is 14.7. The van der Waals surface area contributed by atoms with Gasteiger partial charge in [0.05, 0.1) is 27.9 Å². The van der Waals surface area contributed by atoms with E-state index in [2.05, 4.69) is 212 Å². The van der Waals surface area contributed by atoms with Gasteiger partial charge in [-0.15, -0.1) is 0 Å². The fourth-order valence-corrected chi connectivity index (χ4v) is 11.5. The van der Waals surface area contributed by atoms with Crippen LogP contribution in [0.4, 0.5) is 0 Å². The molecule has 0 aliphatic rings. The molecule has 0 radical (unpaired) electrons. The molecular formula is C72H62N6. The van der Waals surface area contributed by atoms with Crippen molar-refractivity contribution < 1.29 is 0 Å². The number of fused-ring (bicyclic) bond motifs is 13. The third-order valence-corrected chi connectivity index (χ3v) is 14.7. The van der Waals surface area contributed by atoms with Crippen molar-refractivity contribution in [2.45, 2.75) is 47.0 Å². The molecule has 0 saturated carbocycles. The zero-order chi connectivity index (χ0) is 53.7. The lowest BCUT2D eigenvalue weighted by Gasteiger charge is -2.17. The van der Waals surface area contributed by atoms with Crippen LogP contribution in [0.25, 0.3) is 111 Å². The number of benzene rings is 8. The SMILES string of the molecule is C=C/C=C(C=C)/C(/N=C/C(=C/CC)C/C=C\C)=C(/C=NC)c1cccc(-n2c3ccccc3c3c4c5c(/C=C\C)c(CC)n(-c6cccc(-c7nccc(-c8ccccc8)n7)c6)c5c5ccccc5c4c4ccccc4c32)c1. The summed E-state index contributed by atoms with van der Waals surface area (Å²) in [5, 5.41) is 10.9. The molecule has 3 aromatic heterocycles. The van der Waals surface area contributed by atoms with Gasteiger partial charge in [-0.05, 0) is 96.8 Å².